The van der Waals surface area contributed by atoms with Crippen LogP contribution in [0.1, 0.15) is 32.3 Å². The average molecular weight is 230 g/mol. The zero-order valence-electron chi connectivity index (χ0n) is 9.19. The molecule has 0 aromatic heterocycles. The van der Waals surface area contributed by atoms with E-state index in [2.05, 4.69) is 19.2 Å². The number of hydrogen-bond donors (Lipinski definition) is 1. The maximum atomic E-state index is 12.9. The average Bonchev–Trinajstić information content (AvgIpc) is 2.24. The number of nitrogens with one attached hydrogen (secondary N) is 1. The minimum atomic E-state index is -0.235. The summed E-state index contributed by atoms with van der Waals surface area (Å²) in [6.45, 7) is 4.89. The molecule has 0 saturated carbocycles. The monoisotopic (exact) mass is 229 g/mol. The molecule has 0 atom stereocenters. The standard InChI is InChI=1S/C12H17ClFN/c1-3-11(4-2)15-8-9-7-10(14)5-6-12(9)13/h5-7,11,15H,3-4,8H2,1-2H3. The first kappa shape index (κ1) is 12.5. The van der Waals surface area contributed by atoms with E-state index in [0.29, 0.717) is 17.6 Å². The van der Waals surface area contributed by atoms with Crippen molar-refractivity contribution < 1.29 is 4.39 Å². The summed E-state index contributed by atoms with van der Waals surface area (Å²) in [7, 11) is 0. The van der Waals surface area contributed by atoms with Crippen molar-refractivity contribution in [3.8, 4) is 0 Å². The molecule has 0 unspecified atom stereocenters. The summed E-state index contributed by atoms with van der Waals surface area (Å²) in [5.41, 5.74) is 0.823. The van der Waals surface area contributed by atoms with Crippen LogP contribution in [0, 0.1) is 5.82 Å². The lowest BCUT2D eigenvalue weighted by Crippen LogP contribution is -2.27. The molecule has 0 amide bonds. The summed E-state index contributed by atoms with van der Waals surface area (Å²) in [5, 5.41) is 3.97. The Labute approximate surface area is 95.6 Å². The molecule has 1 N–H and O–H groups in total. The Balaban J connectivity index is 2.60. The Morgan fingerprint density at radius 3 is 2.60 bits per heavy atom. The fraction of sp³-hybridized carbons (Fsp3) is 0.500. The minimum Gasteiger partial charge on any atom is -0.310 e. The molecular formula is C12H17ClFN. The molecule has 15 heavy (non-hydrogen) atoms. The fourth-order valence-electron chi connectivity index (χ4n) is 1.51. The SMILES string of the molecule is CCC(CC)NCc1cc(F)ccc1Cl. The first-order valence-corrected chi connectivity index (χ1v) is 5.72. The smallest absolute Gasteiger partial charge is 0.123 e. The maximum Gasteiger partial charge on any atom is 0.123 e. The summed E-state index contributed by atoms with van der Waals surface area (Å²) >= 11 is 5.96. The van der Waals surface area contributed by atoms with Gasteiger partial charge in [0.15, 0.2) is 0 Å². The minimum absolute atomic E-state index is 0.235. The molecule has 0 bridgehead atoms. The lowest BCUT2D eigenvalue weighted by Gasteiger charge is -2.15. The molecule has 0 aliphatic carbocycles. The summed E-state index contributed by atoms with van der Waals surface area (Å²) < 4.78 is 12.9. The highest BCUT2D eigenvalue weighted by Crippen LogP contribution is 2.17. The van der Waals surface area contributed by atoms with Gasteiger partial charge in [0.2, 0.25) is 0 Å². The molecule has 1 aromatic rings. The molecule has 0 aliphatic rings. The predicted molar refractivity (Wildman–Crippen MR) is 62.6 cm³/mol. The van der Waals surface area contributed by atoms with Gasteiger partial charge in [0.1, 0.15) is 5.82 Å². The van der Waals surface area contributed by atoms with Crippen molar-refractivity contribution in [2.75, 3.05) is 0 Å². The normalized spacial score (nSPS) is 11.0. The Bertz CT molecular complexity index is 310. The van der Waals surface area contributed by atoms with Crippen molar-refractivity contribution in [1.82, 2.24) is 5.32 Å². The van der Waals surface area contributed by atoms with E-state index in [1.54, 1.807) is 6.07 Å². The highest BCUT2D eigenvalue weighted by atomic mass is 35.5. The summed E-state index contributed by atoms with van der Waals surface area (Å²) in [6, 6.07) is 4.94. The van der Waals surface area contributed by atoms with Gasteiger partial charge in [-0.1, -0.05) is 25.4 Å². The molecule has 84 valence electrons. The molecular weight excluding hydrogens is 213 g/mol. The quantitative estimate of drug-likeness (QED) is 0.811. The van der Waals surface area contributed by atoms with Crippen LogP contribution in [0.15, 0.2) is 18.2 Å². The van der Waals surface area contributed by atoms with E-state index in [-0.39, 0.29) is 5.82 Å². The van der Waals surface area contributed by atoms with Gasteiger partial charge in [-0.15, -0.1) is 0 Å². The molecule has 3 heteroatoms. The number of rotatable bonds is 5. The van der Waals surface area contributed by atoms with Crippen LogP contribution in [0.5, 0.6) is 0 Å². The van der Waals surface area contributed by atoms with Gasteiger partial charge in [-0.05, 0) is 36.6 Å². The third kappa shape index (κ3) is 3.80. The topological polar surface area (TPSA) is 12.0 Å². The number of halogens is 2. The summed E-state index contributed by atoms with van der Waals surface area (Å²) in [4.78, 5) is 0. The second kappa shape index (κ2) is 6.09. The number of benzene rings is 1. The molecule has 1 aromatic carbocycles. The first-order chi connectivity index (χ1) is 7.17. The molecule has 1 rings (SSSR count). The van der Waals surface area contributed by atoms with E-state index in [9.17, 15) is 4.39 Å². The van der Waals surface area contributed by atoms with E-state index in [0.717, 1.165) is 18.4 Å². The van der Waals surface area contributed by atoms with E-state index in [4.69, 9.17) is 11.6 Å². The van der Waals surface area contributed by atoms with Crippen LogP contribution in [0.25, 0.3) is 0 Å². The lowest BCUT2D eigenvalue weighted by atomic mass is 10.1. The Kier molecular flexibility index (Phi) is 5.06. The van der Waals surface area contributed by atoms with E-state index >= 15 is 0 Å². The zero-order chi connectivity index (χ0) is 11.3. The van der Waals surface area contributed by atoms with Crippen LogP contribution in [0.4, 0.5) is 4.39 Å². The largest absolute Gasteiger partial charge is 0.310 e. The van der Waals surface area contributed by atoms with Crippen LogP contribution in [-0.2, 0) is 6.54 Å². The first-order valence-electron chi connectivity index (χ1n) is 5.34. The second-order valence-corrected chi connectivity index (χ2v) is 4.04. The van der Waals surface area contributed by atoms with Crippen LogP contribution in [0.3, 0.4) is 0 Å². The molecule has 0 aliphatic heterocycles. The number of hydrogen-bond acceptors (Lipinski definition) is 1. The predicted octanol–water partition coefficient (Wildman–Crippen LogP) is 3.76. The van der Waals surface area contributed by atoms with Crippen molar-refractivity contribution >= 4 is 11.6 Å². The van der Waals surface area contributed by atoms with Crippen LogP contribution in [-0.4, -0.2) is 6.04 Å². The van der Waals surface area contributed by atoms with Crippen molar-refractivity contribution in [1.29, 1.82) is 0 Å². The molecule has 0 fully saturated rings. The molecule has 0 spiro atoms. The summed E-state index contributed by atoms with van der Waals surface area (Å²) in [5.74, 6) is -0.235. The van der Waals surface area contributed by atoms with Gasteiger partial charge in [0, 0.05) is 17.6 Å². The van der Waals surface area contributed by atoms with Crippen molar-refractivity contribution in [2.45, 2.75) is 39.3 Å². The lowest BCUT2D eigenvalue weighted by molar-refractivity contribution is 0.483. The highest BCUT2D eigenvalue weighted by Gasteiger charge is 2.05. The van der Waals surface area contributed by atoms with Crippen molar-refractivity contribution in [3.63, 3.8) is 0 Å². The van der Waals surface area contributed by atoms with E-state index in [1.807, 2.05) is 0 Å². The fourth-order valence-corrected chi connectivity index (χ4v) is 1.69. The van der Waals surface area contributed by atoms with Crippen LogP contribution in [0.2, 0.25) is 5.02 Å². The van der Waals surface area contributed by atoms with Crippen molar-refractivity contribution in [3.05, 3.63) is 34.6 Å². The zero-order valence-corrected chi connectivity index (χ0v) is 9.94. The third-order valence-corrected chi connectivity index (χ3v) is 2.94. The van der Waals surface area contributed by atoms with Crippen LogP contribution < -0.4 is 5.32 Å². The maximum absolute atomic E-state index is 12.9. The van der Waals surface area contributed by atoms with Gasteiger partial charge in [-0.3, -0.25) is 0 Å². The highest BCUT2D eigenvalue weighted by molar-refractivity contribution is 6.31. The van der Waals surface area contributed by atoms with Gasteiger partial charge in [-0.25, -0.2) is 4.39 Å². The van der Waals surface area contributed by atoms with Gasteiger partial charge in [-0.2, -0.15) is 0 Å². The van der Waals surface area contributed by atoms with Gasteiger partial charge < -0.3 is 5.32 Å². The van der Waals surface area contributed by atoms with Gasteiger partial charge in [0.05, 0.1) is 0 Å². The summed E-state index contributed by atoms with van der Waals surface area (Å²) in [6.07, 6.45) is 2.15. The van der Waals surface area contributed by atoms with Crippen LogP contribution >= 0.6 is 11.6 Å². The Morgan fingerprint density at radius 1 is 1.33 bits per heavy atom. The molecule has 0 heterocycles. The van der Waals surface area contributed by atoms with Crippen molar-refractivity contribution in [2.24, 2.45) is 0 Å². The Morgan fingerprint density at radius 2 is 2.00 bits per heavy atom. The molecule has 0 saturated heterocycles. The van der Waals surface area contributed by atoms with Gasteiger partial charge in [0.25, 0.3) is 0 Å². The van der Waals surface area contributed by atoms with E-state index in [1.165, 1.54) is 12.1 Å². The van der Waals surface area contributed by atoms with Gasteiger partial charge >= 0.3 is 0 Å². The molecule has 0 radical (unpaired) electrons. The van der Waals surface area contributed by atoms with E-state index < -0.39 is 0 Å². The second-order valence-electron chi connectivity index (χ2n) is 3.63. The third-order valence-electron chi connectivity index (χ3n) is 2.57. The Hall–Kier alpha value is -0.600. The molecule has 1 nitrogen and oxygen atoms in total.